The van der Waals surface area contributed by atoms with Crippen LogP contribution in [0, 0.1) is 0 Å². The molecule has 1 fully saturated rings. The topological polar surface area (TPSA) is 75.4 Å². The number of piperidine rings is 1. The van der Waals surface area contributed by atoms with E-state index < -0.39 is 5.60 Å². The van der Waals surface area contributed by atoms with E-state index in [0.717, 1.165) is 21.9 Å². The number of carbonyl (C=O) groups is 1. The van der Waals surface area contributed by atoms with Crippen LogP contribution in [-0.4, -0.2) is 44.2 Å². The van der Waals surface area contributed by atoms with E-state index in [1.54, 1.807) is 0 Å². The number of hydrogen-bond acceptors (Lipinski definition) is 4. The van der Waals surface area contributed by atoms with E-state index in [-0.39, 0.29) is 18.0 Å². The molecule has 0 radical (unpaired) electrons. The average Bonchev–Trinajstić information content (AvgIpc) is 2.89. The lowest BCUT2D eigenvalue weighted by Gasteiger charge is -2.38. The Balaban J connectivity index is 1.23. The standard InChI is InChI=1S/C29H29N3O3/c33-27(14-13-22-7-2-1-3-8-22)31-17-15-29(35,16-18-31)20-32-21-30-26(19-28(32)34)25-12-6-10-23-9-4-5-11-24(23)25/h1-12,19,21,35H,13-18,20H2. The largest absolute Gasteiger partial charge is 0.388 e. The number of aromatic nitrogens is 2. The van der Waals surface area contributed by atoms with Gasteiger partial charge in [0.1, 0.15) is 0 Å². The molecule has 0 unspecified atom stereocenters. The number of nitrogens with zero attached hydrogens (tertiary/aromatic N) is 3. The minimum Gasteiger partial charge on any atom is -0.388 e. The molecule has 35 heavy (non-hydrogen) atoms. The van der Waals surface area contributed by atoms with Gasteiger partial charge in [0, 0.05) is 31.1 Å². The van der Waals surface area contributed by atoms with Crippen LogP contribution in [0.3, 0.4) is 0 Å². The van der Waals surface area contributed by atoms with E-state index in [1.807, 2.05) is 77.7 Å². The second-order valence-electron chi connectivity index (χ2n) is 9.36. The lowest BCUT2D eigenvalue weighted by molar-refractivity contribution is -0.135. The fourth-order valence-corrected chi connectivity index (χ4v) is 4.84. The molecule has 0 bridgehead atoms. The molecule has 5 rings (SSSR count). The van der Waals surface area contributed by atoms with Crippen molar-refractivity contribution in [2.24, 2.45) is 0 Å². The SMILES string of the molecule is O=C(CCc1ccccc1)N1CCC(O)(Cn2cnc(-c3cccc4ccccc34)cc2=O)CC1. The monoisotopic (exact) mass is 467 g/mol. The lowest BCUT2D eigenvalue weighted by Crippen LogP contribution is -2.49. The third kappa shape index (κ3) is 5.17. The van der Waals surface area contributed by atoms with Crippen molar-refractivity contribution in [3.63, 3.8) is 0 Å². The number of fused-ring (bicyclic) bond motifs is 1. The highest BCUT2D eigenvalue weighted by Crippen LogP contribution is 2.27. The predicted octanol–water partition coefficient (Wildman–Crippen LogP) is 4.05. The van der Waals surface area contributed by atoms with Gasteiger partial charge in [-0.25, -0.2) is 4.98 Å². The normalized spacial score (nSPS) is 15.3. The quantitative estimate of drug-likeness (QED) is 0.464. The Morgan fingerprint density at radius 3 is 2.43 bits per heavy atom. The zero-order chi connectivity index (χ0) is 24.3. The molecule has 1 aromatic heterocycles. The molecule has 1 amide bonds. The van der Waals surface area contributed by atoms with Crippen molar-refractivity contribution < 1.29 is 9.90 Å². The molecule has 0 aliphatic carbocycles. The summed E-state index contributed by atoms with van der Waals surface area (Å²) in [6.45, 7) is 1.14. The number of likely N-dealkylation sites (tertiary alicyclic amines) is 1. The van der Waals surface area contributed by atoms with Crippen molar-refractivity contribution in [1.82, 2.24) is 14.5 Å². The van der Waals surface area contributed by atoms with Crippen LogP contribution in [0.5, 0.6) is 0 Å². The van der Waals surface area contributed by atoms with Gasteiger partial charge in [-0.15, -0.1) is 0 Å². The maximum absolute atomic E-state index is 12.9. The molecule has 0 saturated carbocycles. The zero-order valence-corrected chi connectivity index (χ0v) is 19.6. The van der Waals surface area contributed by atoms with Crippen molar-refractivity contribution in [3.8, 4) is 11.3 Å². The van der Waals surface area contributed by atoms with Gasteiger partial charge in [-0.05, 0) is 35.6 Å². The second kappa shape index (κ2) is 9.84. The third-order valence-electron chi connectivity index (χ3n) is 6.93. The molecule has 1 saturated heterocycles. The summed E-state index contributed by atoms with van der Waals surface area (Å²) in [6, 6.07) is 25.5. The van der Waals surface area contributed by atoms with E-state index in [4.69, 9.17) is 0 Å². The highest BCUT2D eigenvalue weighted by Gasteiger charge is 2.34. The first kappa shape index (κ1) is 23.0. The molecule has 0 atom stereocenters. The molecule has 0 spiro atoms. The van der Waals surface area contributed by atoms with Crippen LogP contribution >= 0.6 is 0 Å². The molecule has 178 valence electrons. The van der Waals surface area contributed by atoms with Gasteiger partial charge in [0.2, 0.25) is 5.91 Å². The summed E-state index contributed by atoms with van der Waals surface area (Å²) >= 11 is 0. The Hall–Kier alpha value is -3.77. The molecule has 6 nitrogen and oxygen atoms in total. The Kier molecular flexibility index (Phi) is 6.47. The summed E-state index contributed by atoms with van der Waals surface area (Å²) in [5.74, 6) is 0.106. The Morgan fingerprint density at radius 1 is 0.943 bits per heavy atom. The summed E-state index contributed by atoms with van der Waals surface area (Å²) in [4.78, 5) is 31.9. The van der Waals surface area contributed by atoms with Crippen molar-refractivity contribution >= 4 is 16.7 Å². The van der Waals surface area contributed by atoms with E-state index in [0.29, 0.717) is 44.5 Å². The predicted molar refractivity (Wildman–Crippen MR) is 137 cm³/mol. The van der Waals surface area contributed by atoms with E-state index in [9.17, 15) is 14.7 Å². The van der Waals surface area contributed by atoms with Crippen molar-refractivity contribution in [2.45, 2.75) is 37.8 Å². The third-order valence-corrected chi connectivity index (χ3v) is 6.93. The summed E-state index contributed by atoms with van der Waals surface area (Å²) < 4.78 is 1.47. The second-order valence-corrected chi connectivity index (χ2v) is 9.36. The van der Waals surface area contributed by atoms with E-state index >= 15 is 0 Å². The Bertz CT molecular complexity index is 1380. The smallest absolute Gasteiger partial charge is 0.253 e. The number of aliphatic hydroxyl groups is 1. The minimum absolute atomic E-state index is 0.106. The minimum atomic E-state index is -1.04. The van der Waals surface area contributed by atoms with Crippen LogP contribution in [0.4, 0.5) is 0 Å². The first-order chi connectivity index (χ1) is 17.0. The van der Waals surface area contributed by atoms with Crippen molar-refractivity contribution in [1.29, 1.82) is 0 Å². The van der Waals surface area contributed by atoms with Crippen molar-refractivity contribution in [2.75, 3.05) is 13.1 Å². The van der Waals surface area contributed by atoms with Crippen LogP contribution in [0.1, 0.15) is 24.8 Å². The van der Waals surface area contributed by atoms with Crippen LogP contribution in [-0.2, 0) is 17.8 Å². The molecule has 3 aromatic carbocycles. The van der Waals surface area contributed by atoms with Gasteiger partial charge < -0.3 is 10.0 Å². The van der Waals surface area contributed by atoms with Crippen molar-refractivity contribution in [3.05, 3.63) is 101 Å². The van der Waals surface area contributed by atoms with Gasteiger partial charge >= 0.3 is 0 Å². The van der Waals surface area contributed by atoms with E-state index in [2.05, 4.69) is 4.98 Å². The molecule has 2 heterocycles. The van der Waals surface area contributed by atoms with Crippen LogP contribution in [0.2, 0.25) is 0 Å². The number of aryl methyl sites for hydroxylation is 1. The summed E-state index contributed by atoms with van der Waals surface area (Å²) in [5.41, 5.74) is 1.44. The summed E-state index contributed by atoms with van der Waals surface area (Å²) in [5, 5.41) is 13.3. The van der Waals surface area contributed by atoms with Gasteiger partial charge in [-0.3, -0.25) is 14.2 Å². The maximum Gasteiger partial charge on any atom is 0.253 e. The zero-order valence-electron chi connectivity index (χ0n) is 19.6. The fourth-order valence-electron chi connectivity index (χ4n) is 4.84. The Labute approximate surface area is 204 Å². The number of rotatable bonds is 6. The van der Waals surface area contributed by atoms with Gasteiger partial charge in [-0.2, -0.15) is 0 Å². The molecular formula is C29H29N3O3. The van der Waals surface area contributed by atoms with Crippen LogP contribution in [0.15, 0.2) is 90.0 Å². The molecule has 4 aromatic rings. The molecular weight excluding hydrogens is 438 g/mol. The van der Waals surface area contributed by atoms with Gasteiger partial charge in [0.25, 0.3) is 5.56 Å². The summed E-state index contributed by atoms with van der Waals surface area (Å²) in [7, 11) is 0. The summed E-state index contributed by atoms with van der Waals surface area (Å²) in [6.07, 6.45) is 3.56. The molecule has 1 aliphatic rings. The first-order valence-corrected chi connectivity index (χ1v) is 12.1. The van der Waals surface area contributed by atoms with Crippen LogP contribution < -0.4 is 5.56 Å². The Morgan fingerprint density at radius 2 is 1.66 bits per heavy atom. The highest BCUT2D eigenvalue weighted by molar-refractivity contribution is 5.95. The number of carbonyl (C=O) groups excluding carboxylic acids is 1. The molecule has 1 aliphatic heterocycles. The van der Waals surface area contributed by atoms with E-state index in [1.165, 1.54) is 17.0 Å². The van der Waals surface area contributed by atoms with Gasteiger partial charge in [-0.1, -0.05) is 72.8 Å². The number of amides is 1. The fraction of sp³-hybridized carbons (Fsp3) is 0.276. The van der Waals surface area contributed by atoms with Gasteiger partial charge in [0.05, 0.1) is 24.2 Å². The average molecular weight is 468 g/mol. The highest BCUT2D eigenvalue weighted by atomic mass is 16.3. The number of hydrogen-bond donors (Lipinski definition) is 1. The maximum atomic E-state index is 12.9. The number of benzene rings is 3. The van der Waals surface area contributed by atoms with Gasteiger partial charge in [0.15, 0.2) is 0 Å². The first-order valence-electron chi connectivity index (χ1n) is 12.1. The lowest BCUT2D eigenvalue weighted by atomic mass is 9.91. The molecule has 6 heteroatoms. The molecule has 1 N–H and O–H groups in total. The van der Waals surface area contributed by atoms with Crippen LogP contribution in [0.25, 0.3) is 22.0 Å².